The first-order chi connectivity index (χ1) is 11.0. The second-order valence-electron chi connectivity index (χ2n) is 5.39. The quantitative estimate of drug-likeness (QED) is 0.771. The summed E-state index contributed by atoms with van der Waals surface area (Å²) in [6.07, 6.45) is -2.36. The van der Waals surface area contributed by atoms with Gasteiger partial charge in [0.15, 0.2) is 0 Å². The fraction of sp³-hybridized carbons (Fsp3) is 0.500. The van der Waals surface area contributed by atoms with Gasteiger partial charge in [-0.25, -0.2) is 13.6 Å². The molecular formula is C16H19F2N3O2. The van der Waals surface area contributed by atoms with Crippen molar-refractivity contribution in [3.63, 3.8) is 0 Å². The molecule has 5 nitrogen and oxygen atoms in total. The minimum Gasteiger partial charge on any atom is -0.468 e. The molecule has 0 radical (unpaired) electrons. The Morgan fingerprint density at radius 3 is 2.61 bits per heavy atom. The zero-order valence-corrected chi connectivity index (χ0v) is 12.9. The van der Waals surface area contributed by atoms with E-state index in [-0.39, 0.29) is 6.54 Å². The third-order valence-electron chi connectivity index (χ3n) is 3.92. The van der Waals surface area contributed by atoms with Crippen LogP contribution in [0.3, 0.4) is 0 Å². The standard InChI is InChI=1S/C16H19F2N3O2/c1-23-16(22)15(13-4-2-3-12(9-13)10-19)21-7-5-20(6-8-21)11-14(17)18/h2-4,9,14-15H,5-8,11H2,1H3/t15-/m0/s1. The highest BCUT2D eigenvalue weighted by Gasteiger charge is 2.31. The average Bonchev–Trinajstić information content (AvgIpc) is 2.56. The molecule has 23 heavy (non-hydrogen) atoms. The highest BCUT2D eigenvalue weighted by Crippen LogP contribution is 2.24. The fourth-order valence-electron chi connectivity index (χ4n) is 2.79. The van der Waals surface area contributed by atoms with E-state index >= 15 is 0 Å². The maximum absolute atomic E-state index is 12.4. The Balaban J connectivity index is 2.14. The summed E-state index contributed by atoms with van der Waals surface area (Å²) >= 11 is 0. The Morgan fingerprint density at radius 1 is 1.35 bits per heavy atom. The summed E-state index contributed by atoms with van der Waals surface area (Å²) in [7, 11) is 1.32. The Morgan fingerprint density at radius 2 is 2.04 bits per heavy atom. The van der Waals surface area contributed by atoms with E-state index in [1.54, 1.807) is 29.2 Å². The van der Waals surface area contributed by atoms with Crippen molar-refractivity contribution < 1.29 is 18.3 Å². The molecule has 1 aliphatic heterocycles. The number of piperazine rings is 1. The molecule has 0 N–H and O–H groups in total. The van der Waals surface area contributed by atoms with Crippen molar-refractivity contribution >= 4 is 5.97 Å². The first-order valence-electron chi connectivity index (χ1n) is 7.37. The summed E-state index contributed by atoms with van der Waals surface area (Å²) in [5.41, 5.74) is 1.14. The SMILES string of the molecule is COC(=O)[C@H](c1cccc(C#N)c1)N1CCN(CC(F)F)CC1. The van der Waals surface area contributed by atoms with Crippen LogP contribution in [0.1, 0.15) is 17.2 Å². The van der Waals surface area contributed by atoms with Gasteiger partial charge in [-0.05, 0) is 17.7 Å². The number of hydrogen-bond donors (Lipinski definition) is 0. The molecule has 7 heteroatoms. The summed E-state index contributed by atoms with van der Waals surface area (Å²) in [5, 5.41) is 9.01. The van der Waals surface area contributed by atoms with Crippen molar-refractivity contribution in [1.82, 2.24) is 9.80 Å². The summed E-state index contributed by atoms with van der Waals surface area (Å²) in [5.74, 6) is -0.414. The van der Waals surface area contributed by atoms with Gasteiger partial charge in [-0.15, -0.1) is 0 Å². The van der Waals surface area contributed by atoms with Gasteiger partial charge < -0.3 is 4.74 Å². The Labute approximate surface area is 134 Å². The minimum absolute atomic E-state index is 0.249. The van der Waals surface area contributed by atoms with Crippen LogP contribution in [-0.2, 0) is 9.53 Å². The number of rotatable bonds is 5. The van der Waals surface area contributed by atoms with Gasteiger partial charge in [-0.3, -0.25) is 9.80 Å². The lowest BCUT2D eigenvalue weighted by Gasteiger charge is -2.38. The Hall–Kier alpha value is -2.04. The van der Waals surface area contributed by atoms with E-state index in [0.29, 0.717) is 37.3 Å². The molecular weight excluding hydrogens is 304 g/mol. The maximum atomic E-state index is 12.4. The summed E-state index contributed by atoms with van der Waals surface area (Å²) in [6.45, 7) is 1.67. The topological polar surface area (TPSA) is 56.6 Å². The molecule has 0 spiro atoms. The molecule has 0 aromatic heterocycles. The molecule has 124 valence electrons. The zero-order chi connectivity index (χ0) is 16.8. The number of carbonyl (C=O) groups is 1. The van der Waals surface area contributed by atoms with Crippen LogP contribution in [0.15, 0.2) is 24.3 Å². The van der Waals surface area contributed by atoms with E-state index in [4.69, 9.17) is 10.00 Å². The molecule has 1 heterocycles. The molecule has 0 saturated carbocycles. The second-order valence-corrected chi connectivity index (χ2v) is 5.39. The monoisotopic (exact) mass is 323 g/mol. The van der Waals surface area contributed by atoms with Crippen LogP contribution in [0.4, 0.5) is 8.78 Å². The lowest BCUT2D eigenvalue weighted by molar-refractivity contribution is -0.148. The summed E-state index contributed by atoms with van der Waals surface area (Å²) in [4.78, 5) is 15.8. The fourth-order valence-corrected chi connectivity index (χ4v) is 2.79. The molecule has 2 rings (SSSR count). The van der Waals surface area contributed by atoms with Crippen LogP contribution in [0, 0.1) is 11.3 Å². The second kappa shape index (κ2) is 7.99. The average molecular weight is 323 g/mol. The number of esters is 1. The molecule has 1 aliphatic rings. The first kappa shape index (κ1) is 17.3. The van der Waals surface area contributed by atoms with E-state index in [1.165, 1.54) is 7.11 Å². The van der Waals surface area contributed by atoms with Gasteiger partial charge in [0.1, 0.15) is 6.04 Å². The predicted octanol–water partition coefficient (Wildman–Crippen LogP) is 1.66. The number of nitriles is 1. The molecule has 1 aromatic rings. The molecule has 0 bridgehead atoms. The van der Waals surface area contributed by atoms with E-state index in [1.807, 2.05) is 11.0 Å². The lowest BCUT2D eigenvalue weighted by atomic mass is 10.0. The van der Waals surface area contributed by atoms with Crippen LogP contribution < -0.4 is 0 Å². The molecule has 0 aliphatic carbocycles. The molecule has 1 fully saturated rings. The van der Waals surface area contributed by atoms with Crippen molar-refractivity contribution in [3.05, 3.63) is 35.4 Å². The number of halogens is 2. The van der Waals surface area contributed by atoms with E-state index < -0.39 is 18.4 Å². The largest absolute Gasteiger partial charge is 0.468 e. The molecule has 0 unspecified atom stereocenters. The van der Waals surface area contributed by atoms with Gasteiger partial charge in [0.2, 0.25) is 0 Å². The summed E-state index contributed by atoms with van der Waals surface area (Å²) < 4.78 is 29.8. The maximum Gasteiger partial charge on any atom is 0.327 e. The van der Waals surface area contributed by atoms with Crippen LogP contribution in [0.25, 0.3) is 0 Å². The smallest absolute Gasteiger partial charge is 0.327 e. The van der Waals surface area contributed by atoms with Gasteiger partial charge in [0.05, 0.1) is 25.3 Å². The van der Waals surface area contributed by atoms with Crippen LogP contribution >= 0.6 is 0 Å². The van der Waals surface area contributed by atoms with Crippen LogP contribution in [0.5, 0.6) is 0 Å². The number of alkyl halides is 2. The molecule has 0 amide bonds. The Bertz CT molecular complexity index is 581. The first-order valence-corrected chi connectivity index (χ1v) is 7.37. The van der Waals surface area contributed by atoms with E-state index in [2.05, 4.69) is 0 Å². The lowest BCUT2D eigenvalue weighted by Crippen LogP contribution is -2.50. The molecule has 1 aromatic carbocycles. The van der Waals surface area contributed by atoms with Crippen LogP contribution in [0.2, 0.25) is 0 Å². The highest BCUT2D eigenvalue weighted by atomic mass is 19.3. The predicted molar refractivity (Wildman–Crippen MR) is 79.9 cm³/mol. The third-order valence-corrected chi connectivity index (χ3v) is 3.92. The van der Waals surface area contributed by atoms with E-state index in [9.17, 15) is 13.6 Å². The van der Waals surface area contributed by atoms with Crippen molar-refractivity contribution in [2.75, 3.05) is 39.8 Å². The van der Waals surface area contributed by atoms with Crippen molar-refractivity contribution in [2.24, 2.45) is 0 Å². The minimum atomic E-state index is -2.36. The zero-order valence-electron chi connectivity index (χ0n) is 12.9. The third kappa shape index (κ3) is 4.47. The van der Waals surface area contributed by atoms with Crippen LogP contribution in [-0.4, -0.2) is 62.0 Å². The van der Waals surface area contributed by atoms with Gasteiger partial charge >= 0.3 is 5.97 Å². The number of benzene rings is 1. The van der Waals surface area contributed by atoms with E-state index in [0.717, 1.165) is 0 Å². The number of ether oxygens (including phenoxy) is 1. The normalized spacial score (nSPS) is 17.7. The number of carbonyl (C=O) groups excluding carboxylic acids is 1. The number of hydrogen-bond acceptors (Lipinski definition) is 5. The molecule has 1 atom stereocenters. The highest BCUT2D eigenvalue weighted by molar-refractivity contribution is 5.77. The summed E-state index contributed by atoms with van der Waals surface area (Å²) in [6, 6.07) is 8.24. The van der Waals surface area contributed by atoms with Crippen molar-refractivity contribution in [1.29, 1.82) is 5.26 Å². The molecule has 1 saturated heterocycles. The van der Waals surface area contributed by atoms with Gasteiger partial charge in [0, 0.05) is 26.2 Å². The number of nitrogens with zero attached hydrogens (tertiary/aromatic N) is 3. The van der Waals surface area contributed by atoms with Crippen molar-refractivity contribution in [2.45, 2.75) is 12.5 Å². The van der Waals surface area contributed by atoms with Gasteiger partial charge in [0.25, 0.3) is 6.43 Å². The Kier molecular flexibility index (Phi) is 6.02. The van der Waals surface area contributed by atoms with Gasteiger partial charge in [-0.1, -0.05) is 12.1 Å². The van der Waals surface area contributed by atoms with Crippen molar-refractivity contribution in [3.8, 4) is 6.07 Å². The van der Waals surface area contributed by atoms with Gasteiger partial charge in [-0.2, -0.15) is 5.26 Å². The number of methoxy groups -OCH3 is 1.